The topological polar surface area (TPSA) is 3.88 Å². The van der Waals surface area contributed by atoms with E-state index in [2.05, 4.69) is 172 Å². The van der Waals surface area contributed by atoms with Gasteiger partial charge in [-0.1, -0.05) is 125 Å². The summed E-state index contributed by atoms with van der Waals surface area (Å²) >= 11 is 3.62. The van der Waals surface area contributed by atoms with Crippen LogP contribution in [0.4, 0.5) is 0 Å². The molecular weight excluding hydrogens is 514 g/mol. The van der Waals surface area contributed by atoms with Crippen LogP contribution in [0.2, 0.25) is 0 Å². The SMILES string of the molecule is Brc1ccc(-[n+]2cc(-c3ccccc3)c(-c3ccccc3)c(-c3ccccc3)c2-c2ccccc2)cc1. The molecule has 0 N–H and O–H groups in total. The molecule has 0 atom stereocenters. The summed E-state index contributed by atoms with van der Waals surface area (Å²) < 4.78 is 3.41. The van der Waals surface area contributed by atoms with E-state index in [0.29, 0.717) is 0 Å². The van der Waals surface area contributed by atoms with Crippen molar-refractivity contribution in [3.63, 3.8) is 0 Å². The van der Waals surface area contributed by atoms with Gasteiger partial charge in [0.25, 0.3) is 0 Å². The Labute approximate surface area is 226 Å². The summed E-state index contributed by atoms with van der Waals surface area (Å²) in [4.78, 5) is 0. The smallest absolute Gasteiger partial charge is 0.159 e. The van der Waals surface area contributed by atoms with Crippen LogP contribution in [0, 0.1) is 0 Å². The lowest BCUT2D eigenvalue weighted by Gasteiger charge is -2.19. The Morgan fingerprint density at radius 2 is 0.838 bits per heavy atom. The van der Waals surface area contributed by atoms with Gasteiger partial charge in [-0.3, -0.25) is 0 Å². The van der Waals surface area contributed by atoms with Gasteiger partial charge < -0.3 is 0 Å². The summed E-state index contributed by atoms with van der Waals surface area (Å²) in [7, 11) is 0. The number of aromatic nitrogens is 1. The predicted molar refractivity (Wildman–Crippen MR) is 157 cm³/mol. The highest BCUT2D eigenvalue weighted by molar-refractivity contribution is 9.10. The fourth-order valence-corrected chi connectivity index (χ4v) is 5.21. The summed E-state index contributed by atoms with van der Waals surface area (Å²) in [5, 5.41) is 0. The zero-order chi connectivity index (χ0) is 25.0. The summed E-state index contributed by atoms with van der Waals surface area (Å²) in [6.07, 6.45) is 2.30. The van der Waals surface area contributed by atoms with Crippen molar-refractivity contribution in [2.45, 2.75) is 0 Å². The van der Waals surface area contributed by atoms with Gasteiger partial charge in [0.15, 0.2) is 6.20 Å². The monoisotopic (exact) mass is 538 g/mol. The van der Waals surface area contributed by atoms with Crippen molar-refractivity contribution in [2.75, 3.05) is 0 Å². The van der Waals surface area contributed by atoms with Crippen LogP contribution in [0.5, 0.6) is 0 Å². The van der Waals surface area contributed by atoms with Crippen LogP contribution in [-0.4, -0.2) is 0 Å². The van der Waals surface area contributed by atoms with Crippen molar-refractivity contribution in [1.82, 2.24) is 0 Å². The molecule has 0 bridgehead atoms. The van der Waals surface area contributed by atoms with E-state index in [1.165, 1.54) is 38.9 Å². The minimum absolute atomic E-state index is 1.06. The number of pyridine rings is 1. The standard InChI is InChI=1S/C35H25BrN/c36-30-21-23-31(24-22-30)37-25-32(26-13-5-1-6-14-26)33(27-15-7-2-8-16-27)34(28-17-9-3-10-18-28)35(37)29-19-11-4-12-20-29/h1-25H/q+1. The minimum atomic E-state index is 1.06. The summed E-state index contributed by atoms with van der Waals surface area (Å²) in [6.45, 7) is 0. The van der Waals surface area contributed by atoms with E-state index >= 15 is 0 Å². The third-order valence-electron chi connectivity index (χ3n) is 6.62. The van der Waals surface area contributed by atoms with Crippen molar-refractivity contribution >= 4 is 15.9 Å². The normalized spacial score (nSPS) is 10.8. The van der Waals surface area contributed by atoms with Crippen LogP contribution in [0.3, 0.4) is 0 Å². The Hall–Kier alpha value is -4.27. The van der Waals surface area contributed by atoms with Gasteiger partial charge in [0.2, 0.25) is 11.4 Å². The average Bonchev–Trinajstić information content (AvgIpc) is 2.98. The highest BCUT2D eigenvalue weighted by atomic mass is 79.9. The molecule has 0 aliphatic rings. The molecule has 0 aliphatic heterocycles. The Morgan fingerprint density at radius 3 is 1.35 bits per heavy atom. The highest BCUT2D eigenvalue weighted by Crippen LogP contribution is 2.44. The first-order chi connectivity index (χ1) is 18.3. The summed E-state index contributed by atoms with van der Waals surface area (Å²) in [5.74, 6) is 0. The molecule has 37 heavy (non-hydrogen) atoms. The first kappa shape index (κ1) is 23.1. The highest BCUT2D eigenvalue weighted by Gasteiger charge is 2.29. The lowest BCUT2D eigenvalue weighted by atomic mass is 9.85. The van der Waals surface area contributed by atoms with Crippen LogP contribution < -0.4 is 4.57 Å². The van der Waals surface area contributed by atoms with Gasteiger partial charge >= 0.3 is 0 Å². The van der Waals surface area contributed by atoms with Gasteiger partial charge in [0, 0.05) is 27.7 Å². The van der Waals surface area contributed by atoms with Crippen molar-refractivity contribution in [3.05, 3.63) is 156 Å². The fourth-order valence-electron chi connectivity index (χ4n) is 4.94. The molecule has 0 radical (unpaired) electrons. The van der Waals surface area contributed by atoms with Gasteiger partial charge in [-0.15, -0.1) is 0 Å². The van der Waals surface area contributed by atoms with E-state index in [0.717, 1.165) is 15.9 Å². The molecule has 1 aromatic heterocycles. The number of halogens is 1. The largest absolute Gasteiger partial charge is 0.226 e. The molecule has 0 amide bonds. The Kier molecular flexibility index (Phi) is 6.49. The maximum Gasteiger partial charge on any atom is 0.226 e. The molecule has 1 heterocycles. The molecule has 5 aromatic carbocycles. The molecule has 0 saturated heterocycles. The van der Waals surface area contributed by atoms with Crippen LogP contribution in [-0.2, 0) is 0 Å². The number of rotatable bonds is 5. The predicted octanol–water partition coefficient (Wildman–Crippen LogP) is 9.39. The molecule has 0 unspecified atom stereocenters. The second-order valence-electron chi connectivity index (χ2n) is 8.95. The third-order valence-corrected chi connectivity index (χ3v) is 7.15. The Balaban J connectivity index is 1.83. The van der Waals surface area contributed by atoms with E-state index in [1.807, 2.05) is 0 Å². The maximum absolute atomic E-state index is 3.62. The number of hydrogen-bond acceptors (Lipinski definition) is 0. The van der Waals surface area contributed by atoms with Crippen molar-refractivity contribution < 1.29 is 4.57 Å². The lowest BCUT2D eigenvalue weighted by Crippen LogP contribution is -2.34. The van der Waals surface area contributed by atoms with Crippen molar-refractivity contribution in [1.29, 1.82) is 0 Å². The average molecular weight is 539 g/mol. The van der Waals surface area contributed by atoms with E-state index in [9.17, 15) is 0 Å². The minimum Gasteiger partial charge on any atom is -0.159 e. The zero-order valence-electron chi connectivity index (χ0n) is 20.3. The Bertz CT molecular complexity index is 1630. The van der Waals surface area contributed by atoms with E-state index in [4.69, 9.17) is 0 Å². The van der Waals surface area contributed by atoms with Gasteiger partial charge in [0.1, 0.15) is 0 Å². The van der Waals surface area contributed by atoms with E-state index in [-0.39, 0.29) is 0 Å². The second kappa shape index (κ2) is 10.4. The lowest BCUT2D eigenvalue weighted by molar-refractivity contribution is -0.582. The maximum atomic E-state index is 3.62. The first-order valence-electron chi connectivity index (χ1n) is 12.4. The molecule has 2 heteroatoms. The number of nitrogens with zero attached hydrogens (tertiary/aromatic N) is 1. The molecule has 0 spiro atoms. The molecule has 6 rings (SSSR count). The van der Waals surface area contributed by atoms with Crippen molar-refractivity contribution in [3.8, 4) is 50.3 Å². The molecule has 0 saturated carbocycles. The number of hydrogen-bond donors (Lipinski definition) is 0. The van der Waals surface area contributed by atoms with Crippen LogP contribution in [0.15, 0.2) is 156 Å². The van der Waals surface area contributed by atoms with Crippen LogP contribution in [0.1, 0.15) is 0 Å². The molecule has 0 fully saturated rings. The van der Waals surface area contributed by atoms with Crippen LogP contribution in [0.25, 0.3) is 50.3 Å². The number of benzene rings is 5. The quantitative estimate of drug-likeness (QED) is 0.192. The van der Waals surface area contributed by atoms with E-state index < -0.39 is 0 Å². The van der Waals surface area contributed by atoms with Gasteiger partial charge in [0.05, 0.1) is 11.1 Å². The van der Waals surface area contributed by atoms with Gasteiger partial charge in [-0.25, -0.2) is 0 Å². The Morgan fingerprint density at radius 1 is 0.405 bits per heavy atom. The fraction of sp³-hybridized carbons (Fsp3) is 0. The van der Waals surface area contributed by atoms with Crippen LogP contribution >= 0.6 is 15.9 Å². The molecule has 0 aliphatic carbocycles. The second-order valence-corrected chi connectivity index (χ2v) is 9.87. The molecule has 6 aromatic rings. The van der Waals surface area contributed by atoms with Gasteiger partial charge in [-0.2, -0.15) is 4.57 Å². The molecule has 176 valence electrons. The molecular formula is C35H25BrN+. The zero-order valence-corrected chi connectivity index (χ0v) is 21.8. The summed E-state index contributed by atoms with van der Waals surface area (Å²) in [6, 6.07) is 51.5. The molecule has 1 nitrogen and oxygen atoms in total. The first-order valence-corrected chi connectivity index (χ1v) is 13.2. The van der Waals surface area contributed by atoms with Gasteiger partial charge in [-0.05, 0) is 41.0 Å². The van der Waals surface area contributed by atoms with E-state index in [1.54, 1.807) is 0 Å². The van der Waals surface area contributed by atoms with Crippen molar-refractivity contribution in [2.24, 2.45) is 0 Å². The summed E-state index contributed by atoms with van der Waals surface area (Å²) in [5.41, 5.74) is 10.6. The third kappa shape index (κ3) is 4.64.